The minimum absolute atomic E-state index is 0.0520. The molecular formula is C53H93NO5. The van der Waals surface area contributed by atoms with E-state index in [1.54, 1.807) is 0 Å². The highest BCUT2D eigenvalue weighted by Gasteiger charge is 2.24. The number of carbonyl (C=O) groups is 2. The number of allylic oxidation sites excluding steroid dienone is 12. The smallest absolute Gasteiger partial charge is 0.306 e. The molecule has 0 aliphatic carbocycles. The highest BCUT2D eigenvalue weighted by atomic mass is 16.5. The lowest BCUT2D eigenvalue weighted by atomic mass is 10.0. The van der Waals surface area contributed by atoms with E-state index in [0.29, 0.717) is 19.3 Å². The van der Waals surface area contributed by atoms with Gasteiger partial charge < -0.3 is 20.3 Å². The summed E-state index contributed by atoms with van der Waals surface area (Å²) < 4.78 is 5.90. The number of nitrogens with one attached hydrogen (secondary N) is 1. The molecular weight excluding hydrogens is 731 g/mol. The van der Waals surface area contributed by atoms with Gasteiger partial charge in [-0.15, -0.1) is 0 Å². The fourth-order valence-corrected chi connectivity index (χ4v) is 7.15. The van der Waals surface area contributed by atoms with Crippen LogP contribution in [0.3, 0.4) is 0 Å². The molecule has 0 aromatic rings. The fourth-order valence-electron chi connectivity index (χ4n) is 7.15. The molecule has 6 heteroatoms. The molecule has 0 aromatic heterocycles. The highest BCUT2D eigenvalue weighted by molar-refractivity contribution is 5.77. The average molecular weight is 824 g/mol. The van der Waals surface area contributed by atoms with E-state index in [4.69, 9.17) is 4.74 Å². The molecule has 3 atom stereocenters. The van der Waals surface area contributed by atoms with Crippen LogP contribution in [0.15, 0.2) is 72.9 Å². The number of amides is 1. The Bertz CT molecular complexity index is 1110. The van der Waals surface area contributed by atoms with E-state index in [1.165, 1.54) is 64.2 Å². The maximum Gasteiger partial charge on any atom is 0.306 e. The van der Waals surface area contributed by atoms with Gasteiger partial charge in [0.1, 0.15) is 6.10 Å². The van der Waals surface area contributed by atoms with Gasteiger partial charge in [0.2, 0.25) is 5.91 Å². The van der Waals surface area contributed by atoms with Crippen LogP contribution in [-0.4, -0.2) is 46.9 Å². The summed E-state index contributed by atoms with van der Waals surface area (Å²) in [6.07, 6.45) is 58.1. The minimum atomic E-state index is -0.799. The van der Waals surface area contributed by atoms with Gasteiger partial charge in [-0.3, -0.25) is 9.59 Å². The molecule has 0 aliphatic heterocycles. The number of unbranched alkanes of at least 4 members (excludes halogenated alkanes) is 21. The van der Waals surface area contributed by atoms with E-state index < -0.39 is 18.2 Å². The van der Waals surface area contributed by atoms with E-state index in [0.717, 1.165) is 116 Å². The number of esters is 1. The van der Waals surface area contributed by atoms with Crippen molar-refractivity contribution >= 4 is 11.9 Å². The Kier molecular flexibility index (Phi) is 44.2. The number of aliphatic hydroxyl groups is 2. The van der Waals surface area contributed by atoms with E-state index in [1.807, 2.05) is 0 Å². The van der Waals surface area contributed by atoms with Gasteiger partial charge in [0.25, 0.3) is 0 Å². The molecule has 0 saturated heterocycles. The maximum atomic E-state index is 13.2. The number of aliphatic hydroxyl groups excluding tert-OH is 2. The SMILES string of the molecule is CC/C=C/C=C/C=C/CCCCCCCC(CC(=O)NC(CO)C(O)CCCCCCCCCCCCCCC)OC(=O)CCCCCC/C=C/C/C=C/C/C=C/CC. The van der Waals surface area contributed by atoms with Gasteiger partial charge in [0.15, 0.2) is 0 Å². The molecule has 0 saturated carbocycles. The first-order valence-corrected chi connectivity index (χ1v) is 24.7. The molecule has 6 nitrogen and oxygen atoms in total. The van der Waals surface area contributed by atoms with Crippen molar-refractivity contribution in [1.82, 2.24) is 5.32 Å². The average Bonchev–Trinajstić information content (AvgIpc) is 3.23. The summed E-state index contributed by atoms with van der Waals surface area (Å²) >= 11 is 0. The van der Waals surface area contributed by atoms with E-state index in [2.05, 4.69) is 99.0 Å². The zero-order valence-corrected chi connectivity index (χ0v) is 38.6. The van der Waals surface area contributed by atoms with Crippen LogP contribution in [0.1, 0.15) is 226 Å². The predicted molar refractivity (Wildman–Crippen MR) is 255 cm³/mol. The molecule has 3 unspecified atom stereocenters. The largest absolute Gasteiger partial charge is 0.462 e. The van der Waals surface area contributed by atoms with Crippen LogP contribution in [0.5, 0.6) is 0 Å². The van der Waals surface area contributed by atoms with Crippen molar-refractivity contribution in [3.63, 3.8) is 0 Å². The summed E-state index contributed by atoms with van der Waals surface area (Å²) in [4.78, 5) is 26.1. The first kappa shape index (κ1) is 56.3. The van der Waals surface area contributed by atoms with Crippen LogP contribution in [0.25, 0.3) is 0 Å². The second-order valence-corrected chi connectivity index (χ2v) is 16.5. The summed E-state index contributed by atoms with van der Waals surface area (Å²) in [5, 5.41) is 23.7. The lowest BCUT2D eigenvalue weighted by Gasteiger charge is -2.24. The Balaban J connectivity index is 4.65. The zero-order valence-electron chi connectivity index (χ0n) is 38.6. The van der Waals surface area contributed by atoms with Crippen LogP contribution in [0.4, 0.5) is 0 Å². The Morgan fingerprint density at radius 2 is 1.00 bits per heavy atom. The van der Waals surface area contributed by atoms with Crippen molar-refractivity contribution in [2.24, 2.45) is 0 Å². The fraction of sp³-hybridized carbons (Fsp3) is 0.736. The summed E-state index contributed by atoms with van der Waals surface area (Å²) in [6, 6.07) is -0.715. The molecule has 0 aliphatic rings. The normalized spacial score (nSPS) is 13.9. The predicted octanol–water partition coefficient (Wildman–Crippen LogP) is 14.6. The van der Waals surface area contributed by atoms with Crippen LogP contribution in [-0.2, 0) is 14.3 Å². The van der Waals surface area contributed by atoms with Crippen molar-refractivity contribution in [2.45, 2.75) is 244 Å². The Morgan fingerprint density at radius 1 is 0.525 bits per heavy atom. The summed E-state index contributed by atoms with van der Waals surface area (Å²) in [5.41, 5.74) is 0. The quantitative estimate of drug-likeness (QED) is 0.0246. The summed E-state index contributed by atoms with van der Waals surface area (Å²) in [5.74, 6) is -0.524. The molecule has 340 valence electrons. The topological polar surface area (TPSA) is 95.9 Å². The van der Waals surface area contributed by atoms with Gasteiger partial charge in [-0.25, -0.2) is 0 Å². The van der Waals surface area contributed by atoms with E-state index >= 15 is 0 Å². The van der Waals surface area contributed by atoms with Gasteiger partial charge in [-0.1, -0.05) is 209 Å². The van der Waals surface area contributed by atoms with Crippen molar-refractivity contribution in [1.29, 1.82) is 0 Å². The van der Waals surface area contributed by atoms with Crippen LogP contribution in [0.2, 0.25) is 0 Å². The van der Waals surface area contributed by atoms with Crippen molar-refractivity contribution in [2.75, 3.05) is 6.61 Å². The molecule has 3 N–H and O–H groups in total. The van der Waals surface area contributed by atoms with Crippen molar-refractivity contribution in [3.05, 3.63) is 72.9 Å². The second kappa shape index (κ2) is 46.4. The van der Waals surface area contributed by atoms with Gasteiger partial charge >= 0.3 is 5.97 Å². The van der Waals surface area contributed by atoms with Gasteiger partial charge in [0, 0.05) is 6.42 Å². The first-order valence-electron chi connectivity index (χ1n) is 24.7. The Hall–Kier alpha value is -2.70. The molecule has 0 heterocycles. The lowest BCUT2D eigenvalue weighted by Crippen LogP contribution is -2.46. The molecule has 59 heavy (non-hydrogen) atoms. The van der Waals surface area contributed by atoms with Crippen molar-refractivity contribution < 1.29 is 24.5 Å². The molecule has 0 spiro atoms. The summed E-state index contributed by atoms with van der Waals surface area (Å²) in [6.45, 7) is 6.22. The van der Waals surface area contributed by atoms with E-state index in [-0.39, 0.29) is 24.9 Å². The Morgan fingerprint density at radius 3 is 1.58 bits per heavy atom. The third kappa shape index (κ3) is 41.8. The monoisotopic (exact) mass is 824 g/mol. The lowest BCUT2D eigenvalue weighted by molar-refractivity contribution is -0.151. The zero-order chi connectivity index (χ0) is 43.1. The van der Waals surface area contributed by atoms with Crippen LogP contribution < -0.4 is 5.32 Å². The Labute approximate surface area is 364 Å². The number of hydrogen-bond donors (Lipinski definition) is 3. The molecule has 0 aromatic carbocycles. The second-order valence-electron chi connectivity index (χ2n) is 16.5. The molecule has 1 amide bonds. The molecule has 0 bridgehead atoms. The van der Waals surface area contributed by atoms with Gasteiger partial charge in [-0.2, -0.15) is 0 Å². The summed E-state index contributed by atoms with van der Waals surface area (Å²) in [7, 11) is 0. The van der Waals surface area contributed by atoms with Crippen molar-refractivity contribution in [3.8, 4) is 0 Å². The number of hydrogen-bond acceptors (Lipinski definition) is 5. The van der Waals surface area contributed by atoms with Gasteiger partial charge in [0.05, 0.1) is 25.2 Å². The van der Waals surface area contributed by atoms with Gasteiger partial charge in [-0.05, 0) is 77.0 Å². The third-order valence-corrected chi connectivity index (χ3v) is 10.8. The number of ether oxygens (including phenoxy) is 1. The minimum Gasteiger partial charge on any atom is -0.462 e. The number of carbonyl (C=O) groups excluding carboxylic acids is 2. The van der Waals surface area contributed by atoms with E-state index in [9.17, 15) is 19.8 Å². The first-order chi connectivity index (χ1) is 29.0. The maximum absolute atomic E-state index is 13.2. The molecule has 0 rings (SSSR count). The van der Waals surface area contributed by atoms with Crippen LogP contribution in [0, 0.1) is 0 Å². The third-order valence-electron chi connectivity index (χ3n) is 10.8. The number of rotatable bonds is 43. The standard InChI is InChI=1S/C53H93NO5/c1-4-7-10-13-16-19-22-25-28-31-34-37-40-43-46-53(58)59-49(44-41-38-35-32-29-26-23-20-17-14-11-8-5-2)47-52(57)54-50(48-55)51(56)45-42-39-36-33-30-27-24-21-18-15-12-9-6-3/h7-8,10-11,14,16-17,19-20,23,25,28,49-51,55-56H,4-6,9,12-13,15,18,21-22,24,26-27,29-48H2,1-3H3,(H,54,57)/b10-7+,11-8+,17-14+,19-16+,23-20+,28-25+. The molecule has 0 fully saturated rings. The van der Waals surface area contributed by atoms with Crippen LogP contribution >= 0.6 is 0 Å². The highest BCUT2D eigenvalue weighted by Crippen LogP contribution is 2.17. The molecule has 0 radical (unpaired) electrons.